The second-order valence-corrected chi connectivity index (χ2v) is 4.68. The number of halogens is 2. The molecule has 0 bridgehead atoms. The summed E-state index contributed by atoms with van der Waals surface area (Å²) in [5.41, 5.74) is 0.0509. The minimum atomic E-state index is -0.900. The van der Waals surface area contributed by atoms with Crippen LogP contribution >= 0.6 is 0 Å². The Bertz CT molecular complexity index is 396. The number of nitrogens with one attached hydrogen (secondary N) is 1. The maximum Gasteiger partial charge on any atom is 0.225 e. The van der Waals surface area contributed by atoms with Gasteiger partial charge < -0.3 is 5.32 Å². The molecule has 0 aromatic heterocycles. The summed E-state index contributed by atoms with van der Waals surface area (Å²) in [5.74, 6) is -1.91. The molecule has 0 radical (unpaired) electrons. The molecule has 88 valence electrons. The number of amides is 1. The summed E-state index contributed by atoms with van der Waals surface area (Å²) in [5, 5.41) is 2.66. The van der Waals surface area contributed by atoms with E-state index in [1.54, 1.807) is 20.8 Å². The van der Waals surface area contributed by atoms with Crippen molar-refractivity contribution in [2.75, 3.05) is 0 Å². The SMILES string of the molecule is CC(C)(C)C(=O)NCc1ccc(F)c(F)c1. The predicted octanol–water partition coefficient (Wildman–Crippen LogP) is 2.63. The molecule has 1 aromatic carbocycles. The maximum absolute atomic E-state index is 12.8. The van der Waals surface area contributed by atoms with Crippen LogP contribution < -0.4 is 5.32 Å². The lowest BCUT2D eigenvalue weighted by Gasteiger charge is -2.17. The van der Waals surface area contributed by atoms with Crippen LogP contribution in [0.15, 0.2) is 18.2 Å². The van der Waals surface area contributed by atoms with Crippen LogP contribution in [0.25, 0.3) is 0 Å². The summed E-state index contributed by atoms with van der Waals surface area (Å²) in [6, 6.07) is 3.58. The molecule has 0 aliphatic rings. The Morgan fingerprint density at radius 2 is 1.88 bits per heavy atom. The molecule has 1 amide bonds. The van der Waals surface area contributed by atoms with Crippen LogP contribution in [0.4, 0.5) is 8.78 Å². The molecule has 0 aliphatic heterocycles. The molecule has 16 heavy (non-hydrogen) atoms. The van der Waals surface area contributed by atoms with Gasteiger partial charge in [0.2, 0.25) is 5.91 Å². The number of carbonyl (C=O) groups is 1. The summed E-state index contributed by atoms with van der Waals surface area (Å²) in [7, 11) is 0. The first-order valence-electron chi connectivity index (χ1n) is 5.03. The lowest BCUT2D eigenvalue weighted by Crippen LogP contribution is -2.34. The number of rotatable bonds is 2. The Balaban J connectivity index is 2.62. The molecule has 0 atom stereocenters. The van der Waals surface area contributed by atoms with Crippen LogP contribution in [0.1, 0.15) is 26.3 Å². The van der Waals surface area contributed by atoms with Crippen LogP contribution in [-0.4, -0.2) is 5.91 Å². The smallest absolute Gasteiger partial charge is 0.225 e. The molecule has 0 saturated heterocycles. The highest BCUT2D eigenvalue weighted by atomic mass is 19.2. The highest BCUT2D eigenvalue weighted by molar-refractivity contribution is 5.81. The van der Waals surface area contributed by atoms with E-state index in [2.05, 4.69) is 5.32 Å². The van der Waals surface area contributed by atoms with Crippen molar-refractivity contribution in [3.63, 3.8) is 0 Å². The van der Waals surface area contributed by atoms with Crippen molar-refractivity contribution in [3.05, 3.63) is 35.4 Å². The third kappa shape index (κ3) is 3.29. The molecule has 4 heteroatoms. The maximum atomic E-state index is 12.8. The van der Waals surface area contributed by atoms with Crippen molar-refractivity contribution >= 4 is 5.91 Å². The molecule has 0 fully saturated rings. The largest absolute Gasteiger partial charge is 0.352 e. The van der Waals surface area contributed by atoms with Gasteiger partial charge in [0.1, 0.15) is 0 Å². The molecular formula is C12H15F2NO. The van der Waals surface area contributed by atoms with Gasteiger partial charge in [-0.1, -0.05) is 26.8 Å². The predicted molar refractivity (Wildman–Crippen MR) is 57.7 cm³/mol. The van der Waals surface area contributed by atoms with Gasteiger partial charge in [-0.2, -0.15) is 0 Å². The van der Waals surface area contributed by atoms with Crippen LogP contribution in [0.2, 0.25) is 0 Å². The van der Waals surface area contributed by atoms with Gasteiger partial charge in [-0.05, 0) is 17.7 Å². The number of hydrogen-bond acceptors (Lipinski definition) is 1. The minimum Gasteiger partial charge on any atom is -0.352 e. The fraction of sp³-hybridized carbons (Fsp3) is 0.417. The standard InChI is InChI=1S/C12H15F2NO/c1-12(2,3)11(16)15-7-8-4-5-9(13)10(14)6-8/h4-6H,7H2,1-3H3,(H,15,16). The number of hydrogen-bond donors (Lipinski definition) is 1. The van der Waals surface area contributed by atoms with Crippen LogP contribution in [0.3, 0.4) is 0 Å². The van der Waals surface area contributed by atoms with E-state index < -0.39 is 17.0 Å². The van der Waals surface area contributed by atoms with E-state index in [4.69, 9.17) is 0 Å². The molecule has 1 rings (SSSR count). The molecule has 0 saturated carbocycles. The first-order chi connectivity index (χ1) is 7.30. The zero-order valence-electron chi connectivity index (χ0n) is 9.60. The number of benzene rings is 1. The molecule has 0 spiro atoms. The van der Waals surface area contributed by atoms with Crippen molar-refractivity contribution in [2.45, 2.75) is 27.3 Å². The lowest BCUT2D eigenvalue weighted by atomic mass is 9.95. The van der Waals surface area contributed by atoms with Gasteiger partial charge >= 0.3 is 0 Å². The molecule has 0 heterocycles. The van der Waals surface area contributed by atoms with Gasteiger partial charge in [0.25, 0.3) is 0 Å². The average molecular weight is 227 g/mol. The first kappa shape index (κ1) is 12.6. The third-order valence-corrected chi connectivity index (χ3v) is 2.12. The molecule has 0 aliphatic carbocycles. The average Bonchev–Trinajstić information content (AvgIpc) is 2.18. The van der Waals surface area contributed by atoms with Crippen molar-refractivity contribution < 1.29 is 13.6 Å². The first-order valence-corrected chi connectivity index (χ1v) is 5.03. The van der Waals surface area contributed by atoms with Crippen molar-refractivity contribution in [1.82, 2.24) is 5.32 Å². The Hall–Kier alpha value is -1.45. The second kappa shape index (κ2) is 4.60. The topological polar surface area (TPSA) is 29.1 Å². The van der Waals surface area contributed by atoms with E-state index in [0.717, 1.165) is 12.1 Å². The van der Waals surface area contributed by atoms with Gasteiger partial charge in [0.15, 0.2) is 11.6 Å². The Labute approximate surface area is 93.7 Å². The summed E-state index contributed by atoms with van der Waals surface area (Å²) in [6.45, 7) is 5.56. The molecular weight excluding hydrogens is 212 g/mol. The summed E-state index contributed by atoms with van der Waals surface area (Å²) in [4.78, 5) is 11.5. The quantitative estimate of drug-likeness (QED) is 0.826. The van der Waals surface area contributed by atoms with Crippen molar-refractivity contribution in [1.29, 1.82) is 0 Å². The van der Waals surface area contributed by atoms with Crippen molar-refractivity contribution in [2.24, 2.45) is 5.41 Å². The van der Waals surface area contributed by atoms with Crippen LogP contribution in [-0.2, 0) is 11.3 Å². The zero-order chi connectivity index (χ0) is 12.3. The summed E-state index contributed by atoms with van der Waals surface area (Å²) < 4.78 is 25.5. The van der Waals surface area contributed by atoms with E-state index in [9.17, 15) is 13.6 Å². The zero-order valence-corrected chi connectivity index (χ0v) is 9.60. The van der Waals surface area contributed by atoms with Crippen molar-refractivity contribution in [3.8, 4) is 0 Å². The Morgan fingerprint density at radius 3 is 2.38 bits per heavy atom. The second-order valence-electron chi connectivity index (χ2n) is 4.68. The number of carbonyl (C=O) groups excluding carboxylic acids is 1. The minimum absolute atomic E-state index is 0.128. The third-order valence-electron chi connectivity index (χ3n) is 2.12. The molecule has 1 aromatic rings. The van der Waals surface area contributed by atoms with Crippen LogP contribution in [0, 0.1) is 17.0 Å². The Morgan fingerprint density at radius 1 is 1.25 bits per heavy atom. The fourth-order valence-corrected chi connectivity index (χ4v) is 1.10. The fourth-order valence-electron chi connectivity index (χ4n) is 1.10. The van der Waals surface area contributed by atoms with Gasteiger partial charge in [0.05, 0.1) is 0 Å². The summed E-state index contributed by atoms with van der Waals surface area (Å²) in [6.07, 6.45) is 0. The van der Waals surface area contributed by atoms with E-state index in [1.165, 1.54) is 6.07 Å². The monoisotopic (exact) mass is 227 g/mol. The Kier molecular flexibility index (Phi) is 3.62. The van der Waals surface area contributed by atoms with E-state index in [-0.39, 0.29) is 12.5 Å². The molecule has 2 nitrogen and oxygen atoms in total. The highest BCUT2D eigenvalue weighted by Crippen LogP contribution is 2.13. The normalized spacial score (nSPS) is 11.3. The van der Waals surface area contributed by atoms with Gasteiger partial charge in [-0.25, -0.2) is 8.78 Å². The molecule has 0 unspecified atom stereocenters. The van der Waals surface area contributed by atoms with Crippen LogP contribution in [0.5, 0.6) is 0 Å². The van der Waals surface area contributed by atoms with E-state index in [0.29, 0.717) is 5.56 Å². The van der Waals surface area contributed by atoms with E-state index in [1.807, 2.05) is 0 Å². The summed E-state index contributed by atoms with van der Waals surface area (Å²) >= 11 is 0. The van der Waals surface area contributed by atoms with Gasteiger partial charge in [-0.15, -0.1) is 0 Å². The lowest BCUT2D eigenvalue weighted by molar-refractivity contribution is -0.128. The molecule has 1 N–H and O–H groups in total. The van der Waals surface area contributed by atoms with Gasteiger partial charge in [0, 0.05) is 12.0 Å². The van der Waals surface area contributed by atoms with Gasteiger partial charge in [-0.3, -0.25) is 4.79 Å². The highest BCUT2D eigenvalue weighted by Gasteiger charge is 2.20. The van der Waals surface area contributed by atoms with E-state index >= 15 is 0 Å².